The van der Waals surface area contributed by atoms with Crippen LogP contribution >= 0.6 is 0 Å². The summed E-state index contributed by atoms with van der Waals surface area (Å²) in [7, 11) is -3.69. The maximum atomic E-state index is 12.4. The molecule has 0 fully saturated rings. The molecular formula is C21H22N2O5S. The second-order valence-corrected chi connectivity index (χ2v) is 8.32. The molecule has 8 heteroatoms. The van der Waals surface area contributed by atoms with Crippen molar-refractivity contribution in [3.05, 3.63) is 84.3 Å². The van der Waals surface area contributed by atoms with Crippen molar-refractivity contribution in [2.45, 2.75) is 30.4 Å². The van der Waals surface area contributed by atoms with Gasteiger partial charge in [-0.2, -0.15) is 0 Å². The molecule has 1 heterocycles. The number of benzene rings is 2. The number of aliphatic hydroxyl groups excluding tert-OH is 1. The zero-order chi connectivity index (χ0) is 20.9. The van der Waals surface area contributed by atoms with E-state index in [4.69, 9.17) is 4.42 Å². The molecule has 0 saturated carbocycles. The first-order valence-electron chi connectivity index (χ1n) is 9.05. The van der Waals surface area contributed by atoms with E-state index in [9.17, 15) is 18.3 Å². The summed E-state index contributed by atoms with van der Waals surface area (Å²) in [6, 6.07) is 17.2. The fourth-order valence-electron chi connectivity index (χ4n) is 2.80. The number of rotatable bonds is 8. The molecule has 0 saturated heterocycles. The number of sulfonamides is 1. The van der Waals surface area contributed by atoms with Gasteiger partial charge in [0.15, 0.2) is 0 Å². The van der Waals surface area contributed by atoms with Gasteiger partial charge in [0.25, 0.3) is 15.9 Å². The van der Waals surface area contributed by atoms with E-state index < -0.39 is 16.1 Å². The normalized spacial score (nSPS) is 13.4. The molecule has 0 aliphatic carbocycles. The molecule has 0 radical (unpaired) electrons. The molecule has 29 heavy (non-hydrogen) atoms. The number of nitrogens with one attached hydrogen (secondary N) is 2. The minimum atomic E-state index is -3.69. The Morgan fingerprint density at radius 1 is 1.03 bits per heavy atom. The van der Waals surface area contributed by atoms with Gasteiger partial charge in [-0.25, -0.2) is 8.42 Å². The summed E-state index contributed by atoms with van der Waals surface area (Å²) in [4.78, 5) is 12.5. The van der Waals surface area contributed by atoms with Crippen molar-refractivity contribution < 1.29 is 22.7 Å². The van der Waals surface area contributed by atoms with E-state index >= 15 is 0 Å². The summed E-state index contributed by atoms with van der Waals surface area (Å²) in [5.74, 6) is 0.128. The maximum Gasteiger partial charge on any atom is 0.261 e. The average Bonchev–Trinajstić information content (AvgIpc) is 3.24. The largest absolute Gasteiger partial charge is 0.467 e. The summed E-state index contributed by atoms with van der Waals surface area (Å²) in [5.41, 5.74) is 0.735. The summed E-state index contributed by atoms with van der Waals surface area (Å²) >= 11 is 0. The predicted molar refractivity (Wildman–Crippen MR) is 109 cm³/mol. The van der Waals surface area contributed by atoms with Crippen LogP contribution in [0.25, 0.3) is 0 Å². The monoisotopic (exact) mass is 414 g/mol. The number of hydrogen-bond acceptors (Lipinski definition) is 5. The van der Waals surface area contributed by atoms with Crippen molar-refractivity contribution in [2.24, 2.45) is 0 Å². The highest BCUT2D eigenvalue weighted by molar-refractivity contribution is 7.92. The first-order valence-corrected chi connectivity index (χ1v) is 10.5. The average molecular weight is 414 g/mol. The van der Waals surface area contributed by atoms with Crippen molar-refractivity contribution in [1.82, 2.24) is 5.32 Å². The number of amides is 1. The SMILES string of the molecule is C[C@H](C[C@H](O)c1ccco1)NC(=O)c1ccc(NS(=O)(=O)c2ccccc2)cc1. The van der Waals surface area contributed by atoms with Crippen molar-refractivity contribution >= 4 is 21.6 Å². The van der Waals surface area contributed by atoms with Crippen LogP contribution in [-0.2, 0) is 10.0 Å². The molecule has 0 aliphatic rings. The molecule has 0 bridgehead atoms. The van der Waals surface area contributed by atoms with Gasteiger partial charge in [-0.15, -0.1) is 0 Å². The van der Waals surface area contributed by atoms with E-state index in [-0.39, 0.29) is 16.8 Å². The molecule has 3 rings (SSSR count). The van der Waals surface area contributed by atoms with Gasteiger partial charge in [0.05, 0.1) is 11.2 Å². The Hall–Kier alpha value is -3.10. The second-order valence-electron chi connectivity index (χ2n) is 6.64. The van der Waals surface area contributed by atoms with Gasteiger partial charge in [0.1, 0.15) is 11.9 Å². The first kappa shape index (κ1) is 20.6. The van der Waals surface area contributed by atoms with E-state index in [1.807, 2.05) is 0 Å². The number of carbonyl (C=O) groups is 1. The van der Waals surface area contributed by atoms with Gasteiger partial charge in [0, 0.05) is 23.7 Å². The highest BCUT2D eigenvalue weighted by Crippen LogP contribution is 2.19. The fraction of sp³-hybridized carbons (Fsp3) is 0.190. The molecule has 1 amide bonds. The van der Waals surface area contributed by atoms with Gasteiger partial charge in [-0.3, -0.25) is 9.52 Å². The van der Waals surface area contributed by atoms with Gasteiger partial charge in [0.2, 0.25) is 0 Å². The Morgan fingerprint density at radius 2 is 1.72 bits per heavy atom. The van der Waals surface area contributed by atoms with Crippen LogP contribution in [0.1, 0.15) is 35.6 Å². The first-order chi connectivity index (χ1) is 13.8. The van der Waals surface area contributed by atoms with Gasteiger partial charge in [-0.05, 0) is 55.5 Å². The van der Waals surface area contributed by atoms with E-state index in [0.29, 0.717) is 23.4 Å². The zero-order valence-corrected chi connectivity index (χ0v) is 16.6. The third kappa shape index (κ3) is 5.46. The molecular weight excluding hydrogens is 392 g/mol. The Balaban J connectivity index is 1.58. The number of aliphatic hydroxyl groups is 1. The molecule has 0 aliphatic heterocycles. The van der Waals surface area contributed by atoms with Crippen LogP contribution in [0.15, 0.2) is 82.3 Å². The third-order valence-corrected chi connectivity index (χ3v) is 5.68. The zero-order valence-electron chi connectivity index (χ0n) is 15.8. The van der Waals surface area contributed by atoms with Gasteiger partial charge < -0.3 is 14.8 Å². The highest BCUT2D eigenvalue weighted by atomic mass is 32.2. The third-order valence-electron chi connectivity index (χ3n) is 4.28. The summed E-state index contributed by atoms with van der Waals surface area (Å²) in [6.07, 6.45) is 0.971. The van der Waals surface area contributed by atoms with Crippen LogP contribution in [0, 0.1) is 0 Å². The molecule has 2 aromatic carbocycles. The summed E-state index contributed by atoms with van der Waals surface area (Å²) < 4.78 is 32.3. The lowest BCUT2D eigenvalue weighted by Gasteiger charge is -2.17. The quantitative estimate of drug-likeness (QED) is 0.524. The molecule has 2 atom stereocenters. The maximum absolute atomic E-state index is 12.4. The Kier molecular flexibility index (Phi) is 6.36. The van der Waals surface area contributed by atoms with Crippen LogP contribution < -0.4 is 10.0 Å². The number of anilines is 1. The second kappa shape index (κ2) is 8.93. The van der Waals surface area contributed by atoms with E-state index in [1.165, 1.54) is 42.7 Å². The predicted octanol–water partition coefficient (Wildman–Crippen LogP) is 3.32. The molecule has 3 N–H and O–H groups in total. The standard InChI is InChI=1S/C21H22N2O5S/c1-15(14-19(24)20-8-5-13-28-20)22-21(25)16-9-11-17(12-10-16)23-29(26,27)18-6-3-2-4-7-18/h2-13,15,19,23-24H,14H2,1H3,(H,22,25)/t15-,19+/m1/s1. The van der Waals surface area contributed by atoms with Crippen LogP contribution in [-0.4, -0.2) is 25.5 Å². The fourth-order valence-corrected chi connectivity index (χ4v) is 3.88. The minimum Gasteiger partial charge on any atom is -0.467 e. The van der Waals surface area contributed by atoms with Crippen molar-refractivity contribution in [2.75, 3.05) is 4.72 Å². The van der Waals surface area contributed by atoms with Crippen LogP contribution in [0.4, 0.5) is 5.69 Å². The van der Waals surface area contributed by atoms with Crippen LogP contribution in [0.5, 0.6) is 0 Å². The Labute approximate surface area is 169 Å². The van der Waals surface area contributed by atoms with Crippen molar-refractivity contribution in [3.8, 4) is 0 Å². The summed E-state index contributed by atoms with van der Waals surface area (Å²) in [6.45, 7) is 1.78. The molecule has 152 valence electrons. The lowest BCUT2D eigenvalue weighted by atomic mass is 10.1. The topological polar surface area (TPSA) is 109 Å². The highest BCUT2D eigenvalue weighted by Gasteiger charge is 2.18. The van der Waals surface area contributed by atoms with Crippen LogP contribution in [0.2, 0.25) is 0 Å². The van der Waals surface area contributed by atoms with E-state index in [2.05, 4.69) is 10.0 Å². The van der Waals surface area contributed by atoms with Gasteiger partial charge in [-0.1, -0.05) is 18.2 Å². The molecule has 3 aromatic rings. The molecule has 0 unspecified atom stereocenters. The van der Waals surface area contributed by atoms with Crippen LogP contribution in [0.3, 0.4) is 0 Å². The Bertz CT molecular complexity index is 1030. The smallest absolute Gasteiger partial charge is 0.261 e. The van der Waals surface area contributed by atoms with E-state index in [0.717, 1.165) is 0 Å². The minimum absolute atomic E-state index is 0.158. The molecule has 7 nitrogen and oxygen atoms in total. The number of hydrogen-bond donors (Lipinski definition) is 3. The number of furan rings is 1. The Morgan fingerprint density at radius 3 is 2.34 bits per heavy atom. The summed E-state index contributed by atoms with van der Waals surface area (Å²) in [5, 5.41) is 12.9. The lowest BCUT2D eigenvalue weighted by molar-refractivity contribution is 0.0903. The van der Waals surface area contributed by atoms with Crippen molar-refractivity contribution in [1.29, 1.82) is 0 Å². The van der Waals surface area contributed by atoms with Crippen molar-refractivity contribution in [3.63, 3.8) is 0 Å². The molecule has 1 aromatic heterocycles. The molecule has 0 spiro atoms. The number of carbonyl (C=O) groups excluding carboxylic acids is 1. The van der Waals surface area contributed by atoms with E-state index in [1.54, 1.807) is 37.3 Å². The lowest BCUT2D eigenvalue weighted by Crippen LogP contribution is -2.33. The van der Waals surface area contributed by atoms with Gasteiger partial charge >= 0.3 is 0 Å².